The molecule has 1 aliphatic rings. The molecule has 0 bridgehead atoms. The van der Waals surface area contributed by atoms with Crippen molar-refractivity contribution in [2.45, 2.75) is 44.9 Å². The van der Waals surface area contributed by atoms with Crippen LogP contribution < -0.4 is 5.32 Å². The largest absolute Gasteiger partial charge is 0.374 e. The van der Waals surface area contributed by atoms with Gasteiger partial charge in [0, 0.05) is 19.9 Å². The smallest absolute Gasteiger partial charge is 0.216 e. The number of hydrogen-bond acceptors (Lipinski definition) is 4. The Hall–Kier alpha value is -2.21. The van der Waals surface area contributed by atoms with Gasteiger partial charge in [0.2, 0.25) is 5.91 Å². The summed E-state index contributed by atoms with van der Waals surface area (Å²) in [7, 11) is 0. The zero-order valence-electron chi connectivity index (χ0n) is 15.7. The number of carbonyl (C=O) groups excluding carboxylic acids is 1. The maximum Gasteiger partial charge on any atom is 0.216 e. The van der Waals surface area contributed by atoms with E-state index in [0.717, 1.165) is 17.5 Å². The normalized spacial score (nSPS) is 21.9. The first kappa shape index (κ1) is 19.5. The number of hydrogen-bond donors (Lipinski definition) is 1. The number of nitrogens with one attached hydrogen (secondary N) is 1. The molecule has 0 unspecified atom stereocenters. The van der Waals surface area contributed by atoms with E-state index in [1.165, 1.54) is 6.92 Å². The summed E-state index contributed by atoms with van der Waals surface area (Å²) < 4.78 is 18.0. The molecule has 0 radical (unpaired) electrons. The lowest BCUT2D eigenvalue weighted by Gasteiger charge is -2.19. The van der Waals surface area contributed by atoms with Crippen LogP contribution in [0.25, 0.3) is 0 Å². The van der Waals surface area contributed by atoms with Gasteiger partial charge in [0.25, 0.3) is 0 Å². The van der Waals surface area contributed by atoms with Gasteiger partial charge in [-0.2, -0.15) is 0 Å². The summed E-state index contributed by atoms with van der Waals surface area (Å²) in [4.78, 5) is 11.3. The Morgan fingerprint density at radius 3 is 2.30 bits per heavy atom. The lowest BCUT2D eigenvalue weighted by Crippen LogP contribution is -2.37. The molecule has 1 aliphatic heterocycles. The molecule has 3 rings (SSSR count). The number of carbonyl (C=O) groups is 1. The van der Waals surface area contributed by atoms with E-state index in [1.807, 2.05) is 60.7 Å². The quantitative estimate of drug-likeness (QED) is 0.738. The van der Waals surface area contributed by atoms with Crippen molar-refractivity contribution in [3.63, 3.8) is 0 Å². The number of rotatable bonds is 9. The van der Waals surface area contributed by atoms with E-state index in [1.54, 1.807) is 0 Å². The van der Waals surface area contributed by atoms with Crippen molar-refractivity contribution >= 4 is 5.91 Å². The highest BCUT2D eigenvalue weighted by Gasteiger charge is 2.36. The fourth-order valence-electron chi connectivity index (χ4n) is 3.17. The Labute approximate surface area is 160 Å². The maximum absolute atomic E-state index is 11.3. The third kappa shape index (κ3) is 6.47. The second-order valence-corrected chi connectivity index (χ2v) is 6.81. The van der Waals surface area contributed by atoms with Crippen molar-refractivity contribution in [2.75, 3.05) is 13.2 Å². The van der Waals surface area contributed by atoms with E-state index in [4.69, 9.17) is 14.2 Å². The molecule has 0 aliphatic carbocycles. The first-order chi connectivity index (χ1) is 13.2. The second-order valence-electron chi connectivity index (χ2n) is 6.81. The van der Waals surface area contributed by atoms with Crippen LogP contribution in [0.3, 0.4) is 0 Å². The maximum atomic E-state index is 11.3. The van der Waals surface area contributed by atoms with Crippen LogP contribution in [0, 0.1) is 0 Å². The summed E-state index contributed by atoms with van der Waals surface area (Å²) in [5.41, 5.74) is 2.27. The highest BCUT2D eigenvalue weighted by Crippen LogP contribution is 2.25. The van der Waals surface area contributed by atoms with Crippen molar-refractivity contribution in [1.82, 2.24) is 5.32 Å². The molecule has 1 amide bonds. The number of amides is 1. The molecule has 3 atom stereocenters. The minimum absolute atomic E-state index is 0.0340. The van der Waals surface area contributed by atoms with Gasteiger partial charge in [0.05, 0.1) is 32.0 Å². The van der Waals surface area contributed by atoms with E-state index in [9.17, 15) is 4.79 Å². The molecule has 1 heterocycles. The standard InChI is InChI=1S/C22H27NO4/c1-17(24)23-13-22-21(26-15-19-10-6-3-7-11-19)12-20(27-22)16-25-14-18-8-4-2-5-9-18/h2-11,20-22H,12-16H2,1H3,(H,23,24)/t20-,21-,22-/m0/s1. The molecule has 2 aromatic carbocycles. The Morgan fingerprint density at radius 1 is 1.04 bits per heavy atom. The predicted molar refractivity (Wildman–Crippen MR) is 103 cm³/mol. The van der Waals surface area contributed by atoms with Crippen molar-refractivity contribution in [2.24, 2.45) is 0 Å². The van der Waals surface area contributed by atoms with E-state index in [2.05, 4.69) is 5.32 Å². The monoisotopic (exact) mass is 369 g/mol. The molecule has 2 aromatic rings. The lowest BCUT2D eigenvalue weighted by atomic mass is 10.1. The van der Waals surface area contributed by atoms with Gasteiger partial charge in [-0.1, -0.05) is 60.7 Å². The first-order valence-corrected chi connectivity index (χ1v) is 9.38. The molecular weight excluding hydrogens is 342 g/mol. The second kappa shape index (κ2) is 10.2. The van der Waals surface area contributed by atoms with E-state index >= 15 is 0 Å². The molecule has 27 heavy (non-hydrogen) atoms. The van der Waals surface area contributed by atoms with E-state index < -0.39 is 0 Å². The van der Waals surface area contributed by atoms with Gasteiger partial charge in [-0.25, -0.2) is 0 Å². The summed E-state index contributed by atoms with van der Waals surface area (Å²) >= 11 is 0. The van der Waals surface area contributed by atoms with Gasteiger partial charge < -0.3 is 19.5 Å². The fraction of sp³-hybridized carbons (Fsp3) is 0.409. The van der Waals surface area contributed by atoms with Crippen molar-refractivity contribution in [1.29, 1.82) is 0 Å². The average Bonchev–Trinajstić information content (AvgIpc) is 3.08. The molecule has 0 spiro atoms. The Bertz CT molecular complexity index is 692. The zero-order valence-corrected chi connectivity index (χ0v) is 15.7. The van der Waals surface area contributed by atoms with Crippen LogP contribution in [0.4, 0.5) is 0 Å². The van der Waals surface area contributed by atoms with Gasteiger partial charge in [-0.15, -0.1) is 0 Å². The highest BCUT2D eigenvalue weighted by molar-refractivity contribution is 5.72. The van der Waals surface area contributed by atoms with Crippen molar-refractivity contribution in [3.05, 3.63) is 71.8 Å². The van der Waals surface area contributed by atoms with Crippen LogP contribution in [-0.2, 0) is 32.2 Å². The molecule has 5 heteroatoms. The minimum Gasteiger partial charge on any atom is -0.374 e. The van der Waals surface area contributed by atoms with Gasteiger partial charge in [-0.05, 0) is 11.1 Å². The van der Waals surface area contributed by atoms with Crippen LogP contribution in [0.15, 0.2) is 60.7 Å². The predicted octanol–water partition coefficient (Wildman–Crippen LogP) is 3.08. The third-order valence-corrected chi connectivity index (χ3v) is 4.55. The summed E-state index contributed by atoms with van der Waals surface area (Å²) in [5, 5.41) is 2.83. The van der Waals surface area contributed by atoms with Crippen LogP contribution in [-0.4, -0.2) is 37.4 Å². The SMILES string of the molecule is CC(=O)NC[C@@H]1O[C@H](COCc2ccccc2)C[C@@H]1OCc1ccccc1. The summed E-state index contributed by atoms with van der Waals surface area (Å²) in [6, 6.07) is 20.1. The van der Waals surface area contributed by atoms with Crippen LogP contribution in [0.2, 0.25) is 0 Å². The lowest BCUT2D eigenvalue weighted by molar-refractivity contribution is -0.120. The average molecular weight is 369 g/mol. The van der Waals surface area contributed by atoms with Crippen LogP contribution in [0.5, 0.6) is 0 Å². The summed E-state index contributed by atoms with van der Waals surface area (Å²) in [5.74, 6) is -0.0656. The Morgan fingerprint density at radius 2 is 1.67 bits per heavy atom. The highest BCUT2D eigenvalue weighted by atomic mass is 16.6. The third-order valence-electron chi connectivity index (χ3n) is 4.55. The summed E-state index contributed by atoms with van der Waals surface area (Å²) in [6.07, 6.45) is 0.491. The van der Waals surface area contributed by atoms with Gasteiger partial charge in [-0.3, -0.25) is 4.79 Å². The Kier molecular flexibility index (Phi) is 7.39. The molecular formula is C22H27NO4. The van der Waals surface area contributed by atoms with Crippen molar-refractivity contribution in [3.8, 4) is 0 Å². The van der Waals surface area contributed by atoms with E-state index in [0.29, 0.717) is 26.4 Å². The molecule has 5 nitrogen and oxygen atoms in total. The first-order valence-electron chi connectivity index (χ1n) is 9.38. The fourth-order valence-corrected chi connectivity index (χ4v) is 3.17. The topological polar surface area (TPSA) is 56.8 Å². The van der Waals surface area contributed by atoms with Crippen LogP contribution >= 0.6 is 0 Å². The minimum atomic E-state index is -0.164. The zero-order chi connectivity index (χ0) is 18.9. The van der Waals surface area contributed by atoms with Crippen molar-refractivity contribution < 1.29 is 19.0 Å². The van der Waals surface area contributed by atoms with Crippen LogP contribution in [0.1, 0.15) is 24.5 Å². The number of ether oxygens (including phenoxy) is 3. The molecule has 0 aromatic heterocycles. The molecule has 144 valence electrons. The van der Waals surface area contributed by atoms with Gasteiger partial charge >= 0.3 is 0 Å². The molecule has 1 N–H and O–H groups in total. The summed E-state index contributed by atoms with van der Waals surface area (Å²) in [6.45, 7) is 3.56. The Balaban J connectivity index is 1.49. The molecule has 0 saturated carbocycles. The van der Waals surface area contributed by atoms with Gasteiger partial charge in [0.1, 0.15) is 6.10 Å². The molecule has 1 saturated heterocycles. The number of benzene rings is 2. The molecule has 1 fully saturated rings. The van der Waals surface area contributed by atoms with Gasteiger partial charge in [0.15, 0.2) is 0 Å². The van der Waals surface area contributed by atoms with E-state index in [-0.39, 0.29) is 24.2 Å².